The largest absolute Gasteiger partial charge is 0.391 e. The number of hydrogen-bond donors (Lipinski definition) is 3. The van der Waals surface area contributed by atoms with Gasteiger partial charge in [0.05, 0.1) is 12.4 Å². The van der Waals surface area contributed by atoms with Crippen LogP contribution in [0.5, 0.6) is 0 Å². The quantitative estimate of drug-likeness (QED) is 0.774. The van der Waals surface area contributed by atoms with Crippen molar-refractivity contribution in [2.75, 3.05) is 11.1 Å². The van der Waals surface area contributed by atoms with Gasteiger partial charge < -0.3 is 16.0 Å². The molecule has 4 N–H and O–H groups in total. The predicted molar refractivity (Wildman–Crippen MR) is 74.9 cm³/mol. The summed E-state index contributed by atoms with van der Waals surface area (Å²) in [6.07, 6.45) is 3.37. The summed E-state index contributed by atoms with van der Waals surface area (Å²) in [5.41, 5.74) is 5.54. The van der Waals surface area contributed by atoms with Crippen molar-refractivity contribution in [1.82, 2.24) is 9.97 Å². The lowest BCUT2D eigenvalue weighted by Gasteiger charge is -2.17. The minimum atomic E-state index is -0.311. The zero-order valence-electron chi connectivity index (χ0n) is 10.1. The number of nitrogen functional groups attached to an aromatic ring is 1. The van der Waals surface area contributed by atoms with Crippen LogP contribution in [0.25, 0.3) is 0 Å². The first-order valence-electron chi connectivity index (χ1n) is 5.85. The molecule has 0 saturated carbocycles. The fraction of sp³-hybridized carbons (Fsp3) is 0.333. The smallest absolute Gasteiger partial charge is 0.276 e. The average Bonchev–Trinajstić information content (AvgIpc) is 2.88. The number of aromatic nitrogens is 2. The Morgan fingerprint density at radius 1 is 1.61 bits per heavy atom. The third-order valence-corrected chi connectivity index (χ3v) is 3.65. The second-order valence-electron chi connectivity index (χ2n) is 3.99. The van der Waals surface area contributed by atoms with Crippen LogP contribution in [-0.4, -0.2) is 9.97 Å². The van der Waals surface area contributed by atoms with Gasteiger partial charge in [-0.25, -0.2) is 4.98 Å². The van der Waals surface area contributed by atoms with E-state index in [4.69, 9.17) is 5.73 Å². The molecule has 2 heterocycles. The lowest BCUT2D eigenvalue weighted by Crippen LogP contribution is -2.18. The van der Waals surface area contributed by atoms with Crippen molar-refractivity contribution in [3.05, 3.63) is 39.1 Å². The van der Waals surface area contributed by atoms with E-state index in [2.05, 4.69) is 28.3 Å². The number of anilines is 2. The first kappa shape index (κ1) is 12.6. The molecule has 2 aromatic rings. The van der Waals surface area contributed by atoms with Gasteiger partial charge in [0.1, 0.15) is 5.69 Å². The van der Waals surface area contributed by atoms with E-state index in [1.807, 2.05) is 11.4 Å². The van der Waals surface area contributed by atoms with Gasteiger partial charge >= 0.3 is 0 Å². The number of nitrogens with zero attached hydrogens (tertiary/aromatic N) is 1. The van der Waals surface area contributed by atoms with E-state index < -0.39 is 0 Å². The Morgan fingerprint density at radius 2 is 2.44 bits per heavy atom. The van der Waals surface area contributed by atoms with E-state index >= 15 is 0 Å². The summed E-state index contributed by atoms with van der Waals surface area (Å²) in [6.45, 7) is 2.12. The molecule has 0 aromatic carbocycles. The topological polar surface area (TPSA) is 83.8 Å². The third-order valence-electron chi connectivity index (χ3n) is 2.66. The Kier molecular flexibility index (Phi) is 3.99. The molecule has 1 atom stereocenters. The van der Waals surface area contributed by atoms with Crippen LogP contribution >= 0.6 is 11.3 Å². The molecule has 0 fully saturated rings. The summed E-state index contributed by atoms with van der Waals surface area (Å²) in [6, 6.07) is 4.23. The Balaban J connectivity index is 2.24. The molecule has 0 aliphatic rings. The monoisotopic (exact) mass is 264 g/mol. The molecular weight excluding hydrogens is 248 g/mol. The van der Waals surface area contributed by atoms with Crippen LogP contribution in [0.1, 0.15) is 30.7 Å². The zero-order valence-corrected chi connectivity index (χ0v) is 11.0. The van der Waals surface area contributed by atoms with E-state index in [1.165, 1.54) is 11.2 Å². The number of aromatic amines is 1. The second-order valence-corrected chi connectivity index (χ2v) is 4.97. The maximum atomic E-state index is 11.4. The molecule has 0 amide bonds. The van der Waals surface area contributed by atoms with Gasteiger partial charge in [0, 0.05) is 4.88 Å². The van der Waals surface area contributed by atoms with Crippen LogP contribution in [0.4, 0.5) is 11.5 Å². The number of rotatable bonds is 5. The lowest BCUT2D eigenvalue weighted by molar-refractivity contribution is 0.684. The van der Waals surface area contributed by atoms with Crippen LogP contribution in [0.15, 0.2) is 28.6 Å². The first-order valence-corrected chi connectivity index (χ1v) is 6.73. The number of hydrogen-bond acceptors (Lipinski definition) is 5. The second kappa shape index (κ2) is 5.68. The summed E-state index contributed by atoms with van der Waals surface area (Å²) < 4.78 is 0. The number of nitrogens with two attached hydrogens (primary N) is 1. The number of H-pyrrole nitrogens is 1. The number of thiophene rings is 1. The molecule has 0 aliphatic carbocycles. The van der Waals surface area contributed by atoms with Crippen molar-refractivity contribution in [2.45, 2.75) is 25.8 Å². The van der Waals surface area contributed by atoms with Crippen molar-refractivity contribution >= 4 is 22.8 Å². The Morgan fingerprint density at radius 3 is 3.11 bits per heavy atom. The number of nitrogens with one attached hydrogen (secondary N) is 2. The minimum absolute atomic E-state index is 0.134. The van der Waals surface area contributed by atoms with Crippen molar-refractivity contribution in [2.24, 2.45) is 0 Å². The van der Waals surface area contributed by atoms with E-state index in [9.17, 15) is 4.79 Å². The average molecular weight is 264 g/mol. The van der Waals surface area contributed by atoms with E-state index in [1.54, 1.807) is 11.3 Å². The standard InChI is InChI=1S/C12H16N4OS/c1-2-4-8(9-5-3-6-18-9)16-11-10(13)12(17)15-7-14-11/h3,5-8H,2,4,13H2,1H3,(H2,14,15,16,17). The highest BCUT2D eigenvalue weighted by molar-refractivity contribution is 7.10. The maximum absolute atomic E-state index is 11.4. The molecule has 2 aromatic heterocycles. The van der Waals surface area contributed by atoms with Crippen LogP contribution in [0, 0.1) is 0 Å². The SMILES string of the molecule is CCCC(Nc1nc[nH]c(=O)c1N)c1cccs1. The van der Waals surface area contributed by atoms with Gasteiger partial charge in [0.2, 0.25) is 0 Å². The Labute approximate surface area is 109 Å². The van der Waals surface area contributed by atoms with Crippen molar-refractivity contribution < 1.29 is 0 Å². The highest BCUT2D eigenvalue weighted by Gasteiger charge is 2.14. The summed E-state index contributed by atoms with van der Waals surface area (Å²) in [7, 11) is 0. The van der Waals surface area contributed by atoms with Crippen molar-refractivity contribution in [3.63, 3.8) is 0 Å². The van der Waals surface area contributed by atoms with Gasteiger partial charge in [0.25, 0.3) is 5.56 Å². The molecule has 0 radical (unpaired) electrons. The van der Waals surface area contributed by atoms with Crippen LogP contribution in [0.2, 0.25) is 0 Å². The van der Waals surface area contributed by atoms with Crippen molar-refractivity contribution in [3.8, 4) is 0 Å². The van der Waals surface area contributed by atoms with E-state index in [0.29, 0.717) is 5.82 Å². The molecule has 5 nitrogen and oxygen atoms in total. The summed E-state index contributed by atoms with van der Waals surface area (Å²) in [5.74, 6) is 0.450. The molecule has 0 aliphatic heterocycles. The van der Waals surface area contributed by atoms with Gasteiger partial charge in [-0.2, -0.15) is 0 Å². The normalized spacial score (nSPS) is 12.3. The third kappa shape index (κ3) is 2.70. The molecular formula is C12H16N4OS. The Hall–Kier alpha value is -1.82. The predicted octanol–water partition coefficient (Wildman–Crippen LogP) is 2.37. The summed E-state index contributed by atoms with van der Waals surface area (Å²) in [5, 5.41) is 5.28. The fourth-order valence-electron chi connectivity index (χ4n) is 1.75. The molecule has 6 heteroatoms. The van der Waals surface area contributed by atoms with Gasteiger partial charge in [0.15, 0.2) is 5.82 Å². The highest BCUT2D eigenvalue weighted by atomic mass is 32.1. The molecule has 0 bridgehead atoms. The highest BCUT2D eigenvalue weighted by Crippen LogP contribution is 2.27. The summed E-state index contributed by atoms with van der Waals surface area (Å²) in [4.78, 5) is 19.2. The molecule has 2 rings (SSSR count). The van der Waals surface area contributed by atoms with Gasteiger partial charge in [-0.1, -0.05) is 19.4 Å². The Bertz CT molecular complexity index is 549. The first-order chi connectivity index (χ1) is 8.72. The van der Waals surface area contributed by atoms with Crippen LogP contribution in [-0.2, 0) is 0 Å². The van der Waals surface area contributed by atoms with E-state index in [-0.39, 0.29) is 17.3 Å². The lowest BCUT2D eigenvalue weighted by atomic mass is 10.1. The molecule has 0 saturated heterocycles. The molecule has 18 heavy (non-hydrogen) atoms. The van der Waals surface area contributed by atoms with Crippen LogP contribution in [0.3, 0.4) is 0 Å². The van der Waals surface area contributed by atoms with Gasteiger partial charge in [-0.3, -0.25) is 4.79 Å². The summed E-state index contributed by atoms with van der Waals surface area (Å²) >= 11 is 1.68. The van der Waals surface area contributed by atoms with Gasteiger partial charge in [-0.15, -0.1) is 11.3 Å². The van der Waals surface area contributed by atoms with Crippen LogP contribution < -0.4 is 16.6 Å². The molecule has 1 unspecified atom stereocenters. The molecule has 96 valence electrons. The maximum Gasteiger partial charge on any atom is 0.276 e. The van der Waals surface area contributed by atoms with E-state index in [0.717, 1.165) is 12.8 Å². The molecule has 0 spiro atoms. The fourth-order valence-corrected chi connectivity index (χ4v) is 2.57. The van der Waals surface area contributed by atoms with Crippen molar-refractivity contribution in [1.29, 1.82) is 0 Å². The minimum Gasteiger partial charge on any atom is -0.391 e. The zero-order chi connectivity index (χ0) is 13.0. The van der Waals surface area contributed by atoms with Gasteiger partial charge in [-0.05, 0) is 17.9 Å².